The van der Waals surface area contributed by atoms with Gasteiger partial charge in [-0.3, -0.25) is 4.79 Å². The van der Waals surface area contributed by atoms with Crippen LogP contribution in [-0.4, -0.2) is 25.2 Å². The number of furan rings is 1. The third kappa shape index (κ3) is 2.20. The summed E-state index contributed by atoms with van der Waals surface area (Å²) in [6, 6.07) is 1.64. The molecule has 82 valence electrons. The number of fused-ring (bicyclic) bond motifs is 1. The van der Waals surface area contributed by atoms with E-state index in [1.165, 1.54) is 0 Å². The van der Waals surface area contributed by atoms with E-state index in [4.69, 9.17) is 9.52 Å². The summed E-state index contributed by atoms with van der Waals surface area (Å²) in [5.74, 6) is -0.250. The monoisotopic (exact) mass is 230 g/mol. The fourth-order valence-corrected chi connectivity index (χ4v) is 2.95. The van der Waals surface area contributed by atoms with Crippen LogP contribution in [0.3, 0.4) is 0 Å². The summed E-state index contributed by atoms with van der Waals surface area (Å²) < 4.78 is 27.7. The number of rotatable bonds is 2. The second kappa shape index (κ2) is 3.37. The zero-order chi connectivity index (χ0) is 11.1. The molecule has 1 aliphatic rings. The van der Waals surface area contributed by atoms with E-state index in [0.717, 1.165) is 5.56 Å². The van der Waals surface area contributed by atoms with Crippen LogP contribution in [-0.2, 0) is 33.2 Å². The summed E-state index contributed by atoms with van der Waals surface area (Å²) in [6.45, 7) is 0. The molecule has 0 unspecified atom stereocenters. The molecule has 0 aromatic carbocycles. The number of sulfone groups is 1. The highest BCUT2D eigenvalue weighted by Gasteiger charge is 2.25. The average Bonchev–Trinajstić information content (AvgIpc) is 2.42. The van der Waals surface area contributed by atoms with Gasteiger partial charge in [0.05, 0.1) is 5.75 Å². The number of carboxylic acids is 1. The number of hydrogen-bond donors (Lipinski definition) is 1. The van der Waals surface area contributed by atoms with Crippen LogP contribution in [0.2, 0.25) is 0 Å². The second-order valence-electron chi connectivity index (χ2n) is 3.57. The van der Waals surface area contributed by atoms with Crippen LogP contribution in [0.15, 0.2) is 10.5 Å². The molecule has 0 bridgehead atoms. The molecule has 0 spiro atoms. The number of aliphatic carboxylic acids is 1. The highest BCUT2D eigenvalue weighted by Crippen LogP contribution is 2.24. The topological polar surface area (TPSA) is 84.6 Å². The third-order valence-corrected chi connectivity index (χ3v) is 3.83. The predicted octanol–water partition coefficient (Wildman–Crippen LogP) is 0.378. The Hall–Kier alpha value is -1.30. The second-order valence-corrected chi connectivity index (χ2v) is 5.76. The first kappa shape index (κ1) is 10.2. The van der Waals surface area contributed by atoms with Crippen LogP contribution in [0.4, 0.5) is 0 Å². The molecule has 0 atom stereocenters. The van der Waals surface area contributed by atoms with Crippen LogP contribution in [0.5, 0.6) is 0 Å². The number of carbonyl (C=O) groups is 1. The minimum atomic E-state index is -3.05. The third-order valence-electron chi connectivity index (χ3n) is 2.31. The van der Waals surface area contributed by atoms with Gasteiger partial charge in [-0.25, -0.2) is 8.42 Å². The summed E-state index contributed by atoms with van der Waals surface area (Å²) in [6.07, 6.45) is 0.216. The molecular weight excluding hydrogens is 220 g/mol. The van der Waals surface area contributed by atoms with Gasteiger partial charge in [-0.2, -0.15) is 0 Å². The lowest BCUT2D eigenvalue weighted by molar-refractivity contribution is -0.136. The van der Waals surface area contributed by atoms with Gasteiger partial charge < -0.3 is 9.52 Å². The van der Waals surface area contributed by atoms with E-state index in [1.54, 1.807) is 6.07 Å². The van der Waals surface area contributed by atoms with Gasteiger partial charge in [0, 0.05) is 0 Å². The van der Waals surface area contributed by atoms with Crippen molar-refractivity contribution in [3.05, 3.63) is 23.2 Å². The summed E-state index contributed by atoms with van der Waals surface area (Å²) in [4.78, 5) is 10.4. The number of carboxylic acid groups (broad SMARTS) is 1. The molecule has 0 radical (unpaired) electrons. The van der Waals surface area contributed by atoms with Gasteiger partial charge in [-0.05, 0) is 18.1 Å². The molecule has 1 aliphatic heterocycles. The van der Waals surface area contributed by atoms with Gasteiger partial charge in [-0.15, -0.1) is 0 Å². The van der Waals surface area contributed by atoms with Crippen LogP contribution in [0.1, 0.15) is 17.1 Å². The van der Waals surface area contributed by atoms with Crippen molar-refractivity contribution in [2.24, 2.45) is 0 Å². The van der Waals surface area contributed by atoms with Gasteiger partial charge in [0.15, 0.2) is 9.84 Å². The van der Waals surface area contributed by atoms with Crippen molar-refractivity contribution in [1.82, 2.24) is 0 Å². The van der Waals surface area contributed by atoms with Crippen LogP contribution < -0.4 is 0 Å². The SMILES string of the molecule is O=C(O)Cc1cc2c(o1)CS(=O)(=O)CC2. The molecule has 1 aromatic heterocycles. The Labute approximate surface area is 86.6 Å². The molecule has 0 fully saturated rings. The van der Waals surface area contributed by atoms with Gasteiger partial charge in [0.1, 0.15) is 23.7 Å². The molecular formula is C9H10O5S. The zero-order valence-corrected chi connectivity index (χ0v) is 8.71. The Morgan fingerprint density at radius 3 is 2.93 bits per heavy atom. The van der Waals surface area contributed by atoms with Crippen molar-refractivity contribution in [3.8, 4) is 0 Å². The Balaban J connectivity index is 2.29. The minimum absolute atomic E-state index is 0.109. The van der Waals surface area contributed by atoms with E-state index in [-0.39, 0.29) is 17.9 Å². The first-order chi connectivity index (χ1) is 6.96. The van der Waals surface area contributed by atoms with E-state index in [1.807, 2.05) is 0 Å². The molecule has 0 amide bonds. The van der Waals surface area contributed by atoms with Gasteiger partial charge >= 0.3 is 5.97 Å². The highest BCUT2D eigenvalue weighted by atomic mass is 32.2. The predicted molar refractivity (Wildman–Crippen MR) is 51.2 cm³/mol. The molecule has 0 aliphatic carbocycles. The van der Waals surface area contributed by atoms with E-state index in [0.29, 0.717) is 17.9 Å². The minimum Gasteiger partial charge on any atom is -0.481 e. The average molecular weight is 230 g/mol. The maximum Gasteiger partial charge on any atom is 0.311 e. The summed E-state index contributed by atoms with van der Waals surface area (Å²) >= 11 is 0. The van der Waals surface area contributed by atoms with Gasteiger partial charge in [0.2, 0.25) is 0 Å². The molecule has 1 N–H and O–H groups in total. The lowest BCUT2D eigenvalue weighted by atomic mass is 10.2. The highest BCUT2D eigenvalue weighted by molar-refractivity contribution is 7.90. The van der Waals surface area contributed by atoms with Gasteiger partial charge in [-0.1, -0.05) is 0 Å². The lowest BCUT2D eigenvalue weighted by Crippen LogP contribution is -2.17. The molecule has 0 saturated carbocycles. The first-order valence-electron chi connectivity index (χ1n) is 4.49. The maximum atomic E-state index is 11.3. The molecule has 15 heavy (non-hydrogen) atoms. The Morgan fingerprint density at radius 1 is 1.53 bits per heavy atom. The summed E-state index contributed by atoms with van der Waals surface area (Å²) in [5.41, 5.74) is 0.820. The molecule has 2 rings (SSSR count). The van der Waals surface area contributed by atoms with E-state index < -0.39 is 15.8 Å². The van der Waals surface area contributed by atoms with E-state index in [9.17, 15) is 13.2 Å². The first-order valence-corrected chi connectivity index (χ1v) is 6.31. The normalized spacial score (nSPS) is 18.4. The van der Waals surface area contributed by atoms with E-state index in [2.05, 4.69) is 0 Å². The number of hydrogen-bond acceptors (Lipinski definition) is 4. The maximum absolute atomic E-state index is 11.3. The van der Waals surface area contributed by atoms with Crippen LogP contribution in [0.25, 0.3) is 0 Å². The number of aryl methyl sites for hydroxylation is 1. The van der Waals surface area contributed by atoms with Crippen molar-refractivity contribution < 1.29 is 22.7 Å². The zero-order valence-electron chi connectivity index (χ0n) is 7.89. The summed E-state index contributed by atoms with van der Waals surface area (Å²) in [7, 11) is -3.05. The Bertz CT molecular complexity index is 497. The standard InChI is InChI=1S/C9H10O5S/c10-9(11)4-7-3-6-1-2-15(12,13)5-8(6)14-7/h3H,1-2,4-5H2,(H,10,11). The summed E-state index contributed by atoms with van der Waals surface area (Å²) in [5, 5.41) is 8.55. The largest absolute Gasteiger partial charge is 0.481 e. The Kier molecular flexibility index (Phi) is 2.30. The molecule has 2 heterocycles. The van der Waals surface area contributed by atoms with Crippen molar-refractivity contribution in [2.75, 3.05) is 5.75 Å². The smallest absolute Gasteiger partial charge is 0.311 e. The Morgan fingerprint density at radius 2 is 2.27 bits per heavy atom. The fourth-order valence-electron chi connectivity index (χ4n) is 1.64. The molecule has 1 aromatic rings. The molecule has 0 saturated heterocycles. The van der Waals surface area contributed by atoms with Crippen molar-refractivity contribution >= 4 is 15.8 Å². The van der Waals surface area contributed by atoms with Crippen LogP contribution >= 0.6 is 0 Å². The lowest BCUT2D eigenvalue weighted by Gasteiger charge is -2.09. The van der Waals surface area contributed by atoms with E-state index >= 15 is 0 Å². The molecule has 5 nitrogen and oxygen atoms in total. The van der Waals surface area contributed by atoms with Crippen molar-refractivity contribution in [2.45, 2.75) is 18.6 Å². The van der Waals surface area contributed by atoms with Crippen molar-refractivity contribution in [1.29, 1.82) is 0 Å². The molecule has 6 heteroatoms. The van der Waals surface area contributed by atoms with Gasteiger partial charge in [0.25, 0.3) is 0 Å². The van der Waals surface area contributed by atoms with Crippen LogP contribution in [0, 0.1) is 0 Å². The fraction of sp³-hybridized carbons (Fsp3) is 0.444. The van der Waals surface area contributed by atoms with Crippen molar-refractivity contribution in [3.63, 3.8) is 0 Å². The quantitative estimate of drug-likeness (QED) is 0.793.